The number of amides is 1. The van der Waals surface area contributed by atoms with Crippen molar-refractivity contribution in [1.82, 2.24) is 23.8 Å². The second kappa shape index (κ2) is 11.4. The van der Waals surface area contributed by atoms with Crippen LogP contribution in [0, 0.1) is 6.92 Å². The molecule has 5 aromatic rings. The third kappa shape index (κ3) is 5.28. The summed E-state index contributed by atoms with van der Waals surface area (Å²) in [5, 5.41) is 3.23. The molecule has 0 saturated heterocycles. The predicted octanol–water partition coefficient (Wildman–Crippen LogP) is 2.63. The minimum absolute atomic E-state index is 0.0126. The molecule has 10 heteroatoms. The highest BCUT2D eigenvalue weighted by atomic mass is 16.5. The number of ether oxygens (including phenoxy) is 1. The number of benzene rings is 2. The van der Waals surface area contributed by atoms with Gasteiger partial charge in [0.25, 0.3) is 11.1 Å². The number of fused-ring (bicyclic) bond motifs is 2. The molecule has 1 N–H and O–H groups in total. The van der Waals surface area contributed by atoms with Crippen LogP contribution in [0.4, 0.5) is 0 Å². The second-order valence-corrected chi connectivity index (χ2v) is 9.48. The minimum Gasteiger partial charge on any atom is -0.496 e. The smallest absolute Gasteiger partial charge is 0.331 e. The van der Waals surface area contributed by atoms with Gasteiger partial charge >= 0.3 is 5.69 Å². The van der Waals surface area contributed by atoms with Gasteiger partial charge in [0.15, 0.2) is 0 Å². The van der Waals surface area contributed by atoms with E-state index in [1.54, 1.807) is 37.4 Å². The molecule has 0 aliphatic heterocycles. The van der Waals surface area contributed by atoms with Crippen molar-refractivity contribution in [3.8, 4) is 5.75 Å². The molecule has 3 aromatic heterocycles. The molecule has 0 atom stereocenters. The fraction of sp³-hybridized carbons (Fsp3) is 0.233. The van der Waals surface area contributed by atoms with E-state index in [2.05, 4.69) is 10.3 Å². The summed E-state index contributed by atoms with van der Waals surface area (Å²) in [7, 11) is 1.57. The molecule has 2 aromatic carbocycles. The number of para-hydroxylation sites is 2. The number of hydrogen-bond acceptors (Lipinski definition) is 6. The Morgan fingerprint density at radius 3 is 2.55 bits per heavy atom. The zero-order valence-corrected chi connectivity index (χ0v) is 22.3. The molecule has 5 rings (SSSR count). The third-order valence-electron chi connectivity index (χ3n) is 6.84. The van der Waals surface area contributed by atoms with Crippen molar-refractivity contribution in [3.05, 3.63) is 121 Å². The van der Waals surface area contributed by atoms with Crippen LogP contribution in [0.15, 0.2) is 87.2 Å². The van der Waals surface area contributed by atoms with Gasteiger partial charge in [0.2, 0.25) is 5.91 Å². The Morgan fingerprint density at radius 2 is 1.73 bits per heavy atom. The molecule has 0 radical (unpaired) electrons. The highest BCUT2D eigenvalue weighted by Crippen LogP contribution is 2.17. The maximum absolute atomic E-state index is 13.6. The normalized spacial score (nSPS) is 11.2. The van der Waals surface area contributed by atoms with Gasteiger partial charge in [-0.05, 0) is 43.7 Å². The minimum atomic E-state index is -0.524. The Balaban J connectivity index is 1.38. The quantitative estimate of drug-likeness (QED) is 0.308. The van der Waals surface area contributed by atoms with Crippen LogP contribution in [-0.2, 0) is 24.4 Å². The Morgan fingerprint density at radius 1 is 0.950 bits per heavy atom. The Labute approximate surface area is 229 Å². The summed E-state index contributed by atoms with van der Waals surface area (Å²) in [5.74, 6) is 0.487. The average Bonchev–Trinajstić information content (AvgIpc) is 2.96. The Bertz CT molecular complexity index is 1900. The van der Waals surface area contributed by atoms with Gasteiger partial charge in [0, 0.05) is 36.8 Å². The first-order valence-electron chi connectivity index (χ1n) is 13.0. The van der Waals surface area contributed by atoms with E-state index in [4.69, 9.17) is 4.74 Å². The average molecular weight is 540 g/mol. The summed E-state index contributed by atoms with van der Waals surface area (Å²) in [4.78, 5) is 56.7. The van der Waals surface area contributed by atoms with Crippen LogP contribution in [-0.4, -0.2) is 31.5 Å². The molecule has 0 spiro atoms. The number of methoxy groups -OCH3 is 1. The second-order valence-electron chi connectivity index (χ2n) is 9.48. The van der Waals surface area contributed by atoms with Crippen LogP contribution in [0.2, 0.25) is 0 Å². The number of rotatable bonds is 9. The molecule has 0 unspecified atom stereocenters. The van der Waals surface area contributed by atoms with Crippen LogP contribution >= 0.6 is 0 Å². The van der Waals surface area contributed by atoms with E-state index in [0.29, 0.717) is 41.0 Å². The van der Waals surface area contributed by atoms with Crippen LogP contribution in [0.5, 0.6) is 5.75 Å². The zero-order chi connectivity index (χ0) is 28.2. The summed E-state index contributed by atoms with van der Waals surface area (Å²) in [6.07, 6.45) is 0.427. The first-order chi connectivity index (χ1) is 19.4. The highest BCUT2D eigenvalue weighted by molar-refractivity contribution is 5.78. The van der Waals surface area contributed by atoms with E-state index >= 15 is 0 Å². The summed E-state index contributed by atoms with van der Waals surface area (Å²) in [6, 6.07) is 21.0. The van der Waals surface area contributed by atoms with Crippen molar-refractivity contribution in [1.29, 1.82) is 0 Å². The van der Waals surface area contributed by atoms with E-state index in [-0.39, 0.29) is 31.0 Å². The van der Waals surface area contributed by atoms with E-state index < -0.39 is 11.2 Å². The SMILES string of the molecule is COc1ccccc1CNC(=O)CCCn1c(=O)c2ccccc2n(Cc2cc(=O)n3c(C)cccc3n2)c1=O. The van der Waals surface area contributed by atoms with Crippen molar-refractivity contribution in [2.45, 2.75) is 39.4 Å². The number of aromatic nitrogens is 4. The Hall–Kier alpha value is -4.99. The largest absolute Gasteiger partial charge is 0.496 e. The lowest BCUT2D eigenvalue weighted by Gasteiger charge is -2.14. The summed E-state index contributed by atoms with van der Waals surface area (Å²) in [6.45, 7) is 2.21. The van der Waals surface area contributed by atoms with Crippen molar-refractivity contribution in [2.75, 3.05) is 7.11 Å². The molecule has 1 amide bonds. The molecular weight excluding hydrogens is 510 g/mol. The topological polar surface area (TPSA) is 117 Å². The van der Waals surface area contributed by atoms with Crippen LogP contribution in [0.25, 0.3) is 16.6 Å². The fourth-order valence-corrected chi connectivity index (χ4v) is 4.86. The molecule has 0 saturated carbocycles. The highest BCUT2D eigenvalue weighted by Gasteiger charge is 2.15. The molecule has 0 fully saturated rings. The number of aryl methyl sites for hydroxylation is 1. The predicted molar refractivity (Wildman–Crippen MR) is 152 cm³/mol. The number of carbonyl (C=O) groups is 1. The van der Waals surface area contributed by atoms with Gasteiger partial charge < -0.3 is 10.1 Å². The van der Waals surface area contributed by atoms with Crippen molar-refractivity contribution < 1.29 is 9.53 Å². The van der Waals surface area contributed by atoms with Gasteiger partial charge in [-0.2, -0.15) is 0 Å². The molecule has 0 aliphatic rings. The Kier molecular flexibility index (Phi) is 7.59. The molecule has 40 heavy (non-hydrogen) atoms. The lowest BCUT2D eigenvalue weighted by atomic mass is 10.2. The number of carbonyl (C=O) groups excluding carboxylic acids is 1. The van der Waals surface area contributed by atoms with E-state index in [1.165, 1.54) is 15.0 Å². The summed E-state index contributed by atoms with van der Waals surface area (Å²) < 4.78 is 9.42. The molecule has 0 bridgehead atoms. The summed E-state index contributed by atoms with van der Waals surface area (Å²) in [5.41, 5.74) is 1.75. The zero-order valence-electron chi connectivity index (χ0n) is 22.3. The molecule has 204 valence electrons. The van der Waals surface area contributed by atoms with Gasteiger partial charge in [0.1, 0.15) is 11.4 Å². The summed E-state index contributed by atoms with van der Waals surface area (Å²) >= 11 is 0. The monoisotopic (exact) mass is 539 g/mol. The van der Waals surface area contributed by atoms with Crippen LogP contribution in [0.3, 0.4) is 0 Å². The van der Waals surface area contributed by atoms with Crippen LogP contribution in [0.1, 0.15) is 29.8 Å². The lowest BCUT2D eigenvalue weighted by molar-refractivity contribution is -0.121. The number of pyridine rings is 1. The van der Waals surface area contributed by atoms with E-state index in [1.807, 2.05) is 43.3 Å². The standard InChI is InChI=1S/C30H29N5O5/c1-20-9-7-14-26-32-22(17-28(37)35(20)26)19-34-24-12-5-4-11-23(24)29(38)33(30(34)39)16-8-15-27(36)31-18-21-10-3-6-13-25(21)40-2/h3-7,9-14,17H,8,15-16,18-19H2,1-2H3,(H,31,36). The maximum Gasteiger partial charge on any atom is 0.331 e. The first kappa shape index (κ1) is 26.6. The van der Waals surface area contributed by atoms with Crippen molar-refractivity contribution in [2.24, 2.45) is 0 Å². The van der Waals surface area contributed by atoms with E-state index in [0.717, 1.165) is 15.8 Å². The molecule has 0 aliphatic carbocycles. The first-order valence-corrected chi connectivity index (χ1v) is 13.0. The fourth-order valence-electron chi connectivity index (χ4n) is 4.86. The van der Waals surface area contributed by atoms with Gasteiger partial charge in [-0.25, -0.2) is 9.78 Å². The molecule has 3 heterocycles. The molecule has 10 nitrogen and oxygen atoms in total. The van der Waals surface area contributed by atoms with Crippen LogP contribution < -0.4 is 26.9 Å². The molecular formula is C30H29N5O5. The van der Waals surface area contributed by atoms with Gasteiger partial charge in [0.05, 0.1) is 30.3 Å². The van der Waals surface area contributed by atoms with Crippen molar-refractivity contribution >= 4 is 22.5 Å². The van der Waals surface area contributed by atoms with Gasteiger partial charge in [-0.15, -0.1) is 0 Å². The van der Waals surface area contributed by atoms with E-state index in [9.17, 15) is 19.2 Å². The number of hydrogen-bond donors (Lipinski definition) is 1. The third-order valence-corrected chi connectivity index (χ3v) is 6.84. The number of nitrogens with zero attached hydrogens (tertiary/aromatic N) is 4. The van der Waals surface area contributed by atoms with Gasteiger partial charge in [-0.1, -0.05) is 36.4 Å². The number of nitrogens with one attached hydrogen (secondary N) is 1. The van der Waals surface area contributed by atoms with Gasteiger partial charge in [-0.3, -0.25) is 27.9 Å². The van der Waals surface area contributed by atoms with Crippen molar-refractivity contribution in [3.63, 3.8) is 0 Å². The maximum atomic E-state index is 13.6. The lowest BCUT2D eigenvalue weighted by Crippen LogP contribution is -2.40.